The number of rotatable bonds is 4. The van der Waals surface area contributed by atoms with E-state index in [-0.39, 0.29) is 40.0 Å². The van der Waals surface area contributed by atoms with E-state index < -0.39 is 16.1 Å². The first-order valence-electron chi connectivity index (χ1n) is 6.77. The standard InChI is InChI=1S/C15H14O8S/c1-20-10-4-7-8(5-11(10)21-2)14(23-24(3,18)19)9-6-22-15(17)12(9)13(7)16/h4-5,16H,6H2,1-3H3. The number of carbonyl (C=O) groups excluding carboxylic acids is 1. The molecule has 1 aliphatic heterocycles. The monoisotopic (exact) mass is 354 g/mol. The van der Waals surface area contributed by atoms with Crippen LogP contribution in [-0.2, 0) is 21.5 Å². The summed E-state index contributed by atoms with van der Waals surface area (Å²) in [6.07, 6.45) is 0.885. The summed E-state index contributed by atoms with van der Waals surface area (Å²) in [5.74, 6) is -0.543. The largest absolute Gasteiger partial charge is 0.506 e. The third-order valence-corrected chi connectivity index (χ3v) is 4.09. The topological polar surface area (TPSA) is 108 Å². The van der Waals surface area contributed by atoms with Crippen LogP contribution in [0.15, 0.2) is 12.1 Å². The van der Waals surface area contributed by atoms with Gasteiger partial charge in [0.2, 0.25) is 0 Å². The Morgan fingerprint density at radius 2 is 1.71 bits per heavy atom. The van der Waals surface area contributed by atoms with Crippen molar-refractivity contribution in [3.05, 3.63) is 23.3 Å². The Hall–Kier alpha value is -2.68. The number of aromatic hydroxyl groups is 1. The van der Waals surface area contributed by atoms with Crippen molar-refractivity contribution in [3.63, 3.8) is 0 Å². The zero-order chi connectivity index (χ0) is 17.6. The van der Waals surface area contributed by atoms with Crippen LogP contribution in [0.1, 0.15) is 15.9 Å². The second-order valence-electron chi connectivity index (χ2n) is 5.15. The van der Waals surface area contributed by atoms with Crippen molar-refractivity contribution in [2.45, 2.75) is 6.61 Å². The highest BCUT2D eigenvalue weighted by atomic mass is 32.2. The summed E-state index contributed by atoms with van der Waals surface area (Å²) in [5.41, 5.74) is 0.0519. The third-order valence-electron chi connectivity index (χ3n) is 3.62. The molecule has 1 N–H and O–H groups in total. The first kappa shape index (κ1) is 16.2. The summed E-state index contributed by atoms with van der Waals surface area (Å²) < 4.78 is 43.6. The lowest BCUT2D eigenvalue weighted by atomic mass is 9.99. The molecule has 2 aromatic carbocycles. The van der Waals surface area contributed by atoms with E-state index >= 15 is 0 Å². The number of phenols is 1. The molecule has 3 rings (SSSR count). The number of benzene rings is 2. The molecular weight excluding hydrogens is 340 g/mol. The smallest absolute Gasteiger partial charge is 0.342 e. The number of methoxy groups -OCH3 is 2. The molecule has 8 nitrogen and oxygen atoms in total. The van der Waals surface area contributed by atoms with Crippen LogP contribution < -0.4 is 13.7 Å². The van der Waals surface area contributed by atoms with Gasteiger partial charge in [-0.3, -0.25) is 0 Å². The highest BCUT2D eigenvalue weighted by molar-refractivity contribution is 7.86. The molecule has 128 valence electrons. The summed E-state index contributed by atoms with van der Waals surface area (Å²) in [6.45, 7) is -0.198. The molecule has 0 unspecified atom stereocenters. The van der Waals surface area contributed by atoms with Gasteiger partial charge in [0.25, 0.3) is 0 Å². The molecule has 0 fully saturated rings. The molecule has 24 heavy (non-hydrogen) atoms. The van der Waals surface area contributed by atoms with Crippen molar-refractivity contribution in [1.82, 2.24) is 0 Å². The van der Waals surface area contributed by atoms with Gasteiger partial charge in [-0.1, -0.05) is 0 Å². The Morgan fingerprint density at radius 3 is 2.25 bits per heavy atom. The van der Waals surface area contributed by atoms with E-state index in [2.05, 4.69) is 0 Å². The van der Waals surface area contributed by atoms with Gasteiger partial charge in [0.15, 0.2) is 17.2 Å². The van der Waals surface area contributed by atoms with Crippen molar-refractivity contribution in [3.8, 4) is 23.0 Å². The van der Waals surface area contributed by atoms with E-state index in [1.54, 1.807) is 0 Å². The van der Waals surface area contributed by atoms with E-state index in [0.717, 1.165) is 6.26 Å². The normalized spacial score (nSPS) is 13.5. The molecule has 1 heterocycles. The zero-order valence-electron chi connectivity index (χ0n) is 13.1. The molecule has 0 aliphatic carbocycles. The summed E-state index contributed by atoms with van der Waals surface area (Å²) in [6, 6.07) is 2.90. The van der Waals surface area contributed by atoms with Gasteiger partial charge in [0, 0.05) is 10.8 Å². The number of fused-ring (bicyclic) bond motifs is 2. The first-order valence-corrected chi connectivity index (χ1v) is 8.58. The van der Waals surface area contributed by atoms with Gasteiger partial charge >= 0.3 is 16.1 Å². The van der Waals surface area contributed by atoms with Crippen LogP contribution in [0.25, 0.3) is 10.8 Å². The third kappa shape index (κ3) is 2.46. The number of hydrogen-bond acceptors (Lipinski definition) is 8. The van der Waals surface area contributed by atoms with Crippen LogP contribution >= 0.6 is 0 Å². The minimum Gasteiger partial charge on any atom is -0.506 e. The molecule has 2 aromatic rings. The number of ether oxygens (including phenoxy) is 3. The first-order chi connectivity index (χ1) is 11.3. The molecule has 1 aliphatic rings. The highest BCUT2D eigenvalue weighted by Crippen LogP contribution is 2.47. The maximum Gasteiger partial charge on any atom is 0.342 e. The van der Waals surface area contributed by atoms with Gasteiger partial charge in [0.05, 0.1) is 26.0 Å². The van der Waals surface area contributed by atoms with Crippen molar-refractivity contribution in [2.75, 3.05) is 20.5 Å². The Labute approximate surface area is 137 Å². The number of cyclic esters (lactones) is 1. The van der Waals surface area contributed by atoms with Gasteiger partial charge in [-0.2, -0.15) is 8.42 Å². The Kier molecular flexibility index (Phi) is 3.67. The van der Waals surface area contributed by atoms with Crippen molar-refractivity contribution in [2.24, 2.45) is 0 Å². The maximum absolute atomic E-state index is 11.9. The minimum atomic E-state index is -3.88. The Balaban J connectivity index is 2.46. The molecule has 0 spiro atoms. The predicted octanol–water partition coefficient (Wildman–Crippen LogP) is 1.57. The van der Waals surface area contributed by atoms with Crippen LogP contribution in [-0.4, -0.2) is 40.0 Å². The molecule has 0 radical (unpaired) electrons. The lowest BCUT2D eigenvalue weighted by Crippen LogP contribution is -2.09. The average Bonchev–Trinajstić information content (AvgIpc) is 2.91. The quantitative estimate of drug-likeness (QED) is 0.651. The SMILES string of the molecule is COc1cc2c(O)c3c(c(OS(C)(=O)=O)c2cc1OC)COC3=O. The molecule has 0 saturated carbocycles. The number of carbonyl (C=O) groups is 1. The predicted molar refractivity (Wildman–Crippen MR) is 83.3 cm³/mol. The summed E-state index contributed by atoms with van der Waals surface area (Å²) in [4.78, 5) is 11.9. The Bertz CT molecular complexity index is 962. The van der Waals surface area contributed by atoms with Crippen molar-refractivity contribution < 1.29 is 36.7 Å². The lowest BCUT2D eigenvalue weighted by Gasteiger charge is -2.15. The van der Waals surface area contributed by atoms with Gasteiger partial charge in [-0.25, -0.2) is 4.79 Å². The molecule has 0 aromatic heterocycles. The number of esters is 1. The second kappa shape index (κ2) is 5.45. The van der Waals surface area contributed by atoms with E-state index in [9.17, 15) is 18.3 Å². The molecule has 0 saturated heterocycles. The van der Waals surface area contributed by atoms with E-state index in [1.165, 1.54) is 26.4 Å². The number of hydrogen-bond donors (Lipinski definition) is 1. The molecule has 0 atom stereocenters. The number of phenolic OH excluding ortho intramolecular Hbond substituents is 1. The minimum absolute atomic E-state index is 0.0768. The summed E-state index contributed by atoms with van der Waals surface area (Å²) in [5, 5.41) is 10.9. The molecule has 9 heteroatoms. The Morgan fingerprint density at radius 1 is 1.12 bits per heavy atom. The van der Waals surface area contributed by atoms with Crippen LogP contribution in [0.2, 0.25) is 0 Å². The van der Waals surface area contributed by atoms with Crippen LogP contribution in [0.5, 0.6) is 23.0 Å². The van der Waals surface area contributed by atoms with E-state index in [0.29, 0.717) is 11.5 Å². The second-order valence-corrected chi connectivity index (χ2v) is 6.72. The molecule has 0 bridgehead atoms. The fourth-order valence-electron chi connectivity index (χ4n) is 2.63. The van der Waals surface area contributed by atoms with Crippen LogP contribution in [0.3, 0.4) is 0 Å². The lowest BCUT2D eigenvalue weighted by molar-refractivity contribution is 0.0533. The molecular formula is C15H14O8S. The zero-order valence-corrected chi connectivity index (χ0v) is 13.9. The average molecular weight is 354 g/mol. The van der Waals surface area contributed by atoms with Crippen molar-refractivity contribution >= 4 is 26.9 Å². The van der Waals surface area contributed by atoms with Gasteiger partial charge in [-0.05, 0) is 12.1 Å². The van der Waals surface area contributed by atoms with Gasteiger partial charge in [-0.15, -0.1) is 0 Å². The van der Waals surface area contributed by atoms with E-state index in [1.807, 2.05) is 0 Å². The van der Waals surface area contributed by atoms with Crippen LogP contribution in [0.4, 0.5) is 0 Å². The molecule has 0 amide bonds. The van der Waals surface area contributed by atoms with E-state index in [4.69, 9.17) is 18.4 Å². The fraction of sp³-hybridized carbons (Fsp3) is 0.267. The van der Waals surface area contributed by atoms with Gasteiger partial charge < -0.3 is 23.5 Å². The summed E-state index contributed by atoms with van der Waals surface area (Å²) >= 11 is 0. The van der Waals surface area contributed by atoms with Crippen molar-refractivity contribution in [1.29, 1.82) is 0 Å². The summed E-state index contributed by atoms with van der Waals surface area (Å²) in [7, 11) is -1.05. The van der Waals surface area contributed by atoms with Gasteiger partial charge in [0.1, 0.15) is 17.9 Å². The van der Waals surface area contributed by atoms with Crippen LogP contribution in [0, 0.1) is 0 Å². The maximum atomic E-state index is 11.9. The fourth-order valence-corrected chi connectivity index (χ4v) is 3.12. The highest BCUT2D eigenvalue weighted by Gasteiger charge is 2.33.